The topological polar surface area (TPSA) is 23.5 Å². The Morgan fingerprint density at radius 2 is 1.94 bits per heavy atom. The summed E-state index contributed by atoms with van der Waals surface area (Å²) >= 11 is 0. The molecule has 5 atom stereocenters. The molecule has 2 aliphatic carbocycles. The molecule has 0 aromatic rings. The Morgan fingerprint density at radius 1 is 1.11 bits per heavy atom. The van der Waals surface area contributed by atoms with Crippen molar-refractivity contribution in [3.63, 3.8) is 0 Å². The van der Waals surface area contributed by atoms with Gasteiger partial charge in [-0.15, -0.1) is 0 Å². The van der Waals surface area contributed by atoms with Gasteiger partial charge in [-0.25, -0.2) is 0 Å². The molecular formula is C16H29NO. The fraction of sp³-hybridized carbons (Fsp3) is 1.00. The summed E-state index contributed by atoms with van der Waals surface area (Å²) in [4.78, 5) is 2.70. The number of hydrogen-bond acceptors (Lipinski definition) is 2. The lowest BCUT2D eigenvalue weighted by atomic mass is 9.74. The van der Waals surface area contributed by atoms with Crippen LogP contribution < -0.4 is 0 Å². The number of rotatable bonds is 3. The smallest absolute Gasteiger partial charge is 0.0580 e. The highest BCUT2D eigenvalue weighted by Gasteiger charge is 2.40. The summed E-state index contributed by atoms with van der Waals surface area (Å²) in [5, 5.41) is 10.3. The lowest BCUT2D eigenvalue weighted by molar-refractivity contribution is 0.0133. The predicted octanol–water partition coefficient (Wildman–Crippen LogP) is 2.90. The molecule has 3 aliphatic rings. The maximum absolute atomic E-state index is 10.3. The van der Waals surface area contributed by atoms with Crippen molar-refractivity contribution in [1.82, 2.24) is 4.90 Å². The summed E-state index contributed by atoms with van der Waals surface area (Å²) in [6.45, 7) is 7.18. The maximum atomic E-state index is 10.3. The van der Waals surface area contributed by atoms with Crippen molar-refractivity contribution >= 4 is 0 Å². The highest BCUT2D eigenvalue weighted by molar-refractivity contribution is 4.94. The average molecular weight is 251 g/mol. The molecular weight excluding hydrogens is 222 g/mol. The van der Waals surface area contributed by atoms with Crippen LogP contribution >= 0.6 is 0 Å². The summed E-state index contributed by atoms with van der Waals surface area (Å²) in [6, 6.07) is 0.863. The first-order valence-electron chi connectivity index (χ1n) is 8.05. The summed E-state index contributed by atoms with van der Waals surface area (Å²) in [6.07, 6.45) is 7.82. The van der Waals surface area contributed by atoms with E-state index >= 15 is 0 Å². The van der Waals surface area contributed by atoms with Crippen LogP contribution in [0.2, 0.25) is 0 Å². The van der Waals surface area contributed by atoms with Gasteiger partial charge in [0.2, 0.25) is 0 Å². The molecule has 0 radical (unpaired) electrons. The van der Waals surface area contributed by atoms with E-state index < -0.39 is 0 Å². The fourth-order valence-electron chi connectivity index (χ4n) is 4.64. The van der Waals surface area contributed by atoms with Crippen molar-refractivity contribution in [2.45, 2.75) is 64.5 Å². The highest BCUT2D eigenvalue weighted by Crippen LogP contribution is 2.40. The molecule has 2 bridgehead atoms. The summed E-state index contributed by atoms with van der Waals surface area (Å²) in [5.74, 6) is 3.16. The average Bonchev–Trinajstić information content (AvgIpc) is 2.93. The van der Waals surface area contributed by atoms with Crippen LogP contribution in [0.4, 0.5) is 0 Å². The van der Waals surface area contributed by atoms with Gasteiger partial charge in [0.15, 0.2) is 0 Å². The Hall–Kier alpha value is -0.0800. The van der Waals surface area contributed by atoms with Gasteiger partial charge in [0.1, 0.15) is 0 Å². The molecule has 0 aromatic carbocycles. The Labute approximate surface area is 112 Å². The molecule has 0 aromatic heterocycles. The van der Waals surface area contributed by atoms with E-state index in [9.17, 15) is 5.11 Å². The minimum atomic E-state index is -0.0286. The molecule has 0 spiro atoms. The minimum absolute atomic E-state index is 0.0286. The first kappa shape index (κ1) is 12.9. The van der Waals surface area contributed by atoms with Crippen molar-refractivity contribution in [1.29, 1.82) is 0 Å². The number of likely N-dealkylation sites (tertiary alicyclic amines) is 1. The SMILES string of the molecule is CC(C)C1CCC(O)C(CN2CC3CCC2C3)C1. The molecule has 5 unspecified atom stereocenters. The van der Waals surface area contributed by atoms with Crippen molar-refractivity contribution < 1.29 is 5.11 Å². The van der Waals surface area contributed by atoms with Gasteiger partial charge in [-0.1, -0.05) is 13.8 Å². The number of fused-ring (bicyclic) bond motifs is 2. The quantitative estimate of drug-likeness (QED) is 0.833. The molecule has 18 heavy (non-hydrogen) atoms. The second-order valence-corrected chi connectivity index (χ2v) is 7.43. The lowest BCUT2D eigenvalue weighted by Crippen LogP contribution is -2.42. The van der Waals surface area contributed by atoms with Crippen LogP contribution in [0, 0.1) is 23.7 Å². The summed E-state index contributed by atoms with van der Waals surface area (Å²) in [7, 11) is 0. The van der Waals surface area contributed by atoms with Gasteiger partial charge in [-0.05, 0) is 62.2 Å². The van der Waals surface area contributed by atoms with E-state index in [0.717, 1.165) is 30.2 Å². The van der Waals surface area contributed by atoms with Crippen LogP contribution in [-0.2, 0) is 0 Å². The maximum Gasteiger partial charge on any atom is 0.0580 e. The third-order valence-electron chi connectivity index (χ3n) is 5.92. The van der Waals surface area contributed by atoms with E-state index in [-0.39, 0.29) is 6.10 Å². The van der Waals surface area contributed by atoms with Crippen molar-refractivity contribution in [2.75, 3.05) is 13.1 Å². The normalized spacial score (nSPS) is 45.0. The second-order valence-electron chi connectivity index (χ2n) is 7.43. The van der Waals surface area contributed by atoms with Gasteiger partial charge in [-0.3, -0.25) is 4.90 Å². The Morgan fingerprint density at radius 3 is 2.56 bits per heavy atom. The molecule has 0 amide bonds. The monoisotopic (exact) mass is 251 g/mol. The number of aliphatic hydroxyl groups is 1. The lowest BCUT2D eigenvalue weighted by Gasteiger charge is -2.39. The molecule has 3 fully saturated rings. The minimum Gasteiger partial charge on any atom is -0.393 e. The molecule has 1 heterocycles. The number of piperidine rings is 1. The van der Waals surface area contributed by atoms with Crippen LogP contribution in [0.5, 0.6) is 0 Å². The molecule has 1 N–H and O–H groups in total. The first-order chi connectivity index (χ1) is 8.63. The molecule has 2 heteroatoms. The molecule has 104 valence electrons. The van der Waals surface area contributed by atoms with Crippen molar-refractivity contribution in [2.24, 2.45) is 23.7 Å². The van der Waals surface area contributed by atoms with Crippen molar-refractivity contribution in [3.05, 3.63) is 0 Å². The summed E-state index contributed by atoms with van der Waals surface area (Å²) < 4.78 is 0. The zero-order valence-electron chi connectivity index (χ0n) is 12.0. The van der Waals surface area contributed by atoms with E-state index in [1.54, 1.807) is 0 Å². The van der Waals surface area contributed by atoms with Gasteiger partial charge in [0, 0.05) is 19.1 Å². The highest BCUT2D eigenvalue weighted by atomic mass is 16.3. The fourth-order valence-corrected chi connectivity index (χ4v) is 4.64. The third kappa shape index (κ3) is 2.46. The first-order valence-corrected chi connectivity index (χ1v) is 8.05. The molecule has 1 aliphatic heterocycles. The van der Waals surface area contributed by atoms with E-state index in [2.05, 4.69) is 18.7 Å². The summed E-state index contributed by atoms with van der Waals surface area (Å²) in [5.41, 5.74) is 0. The van der Waals surface area contributed by atoms with Gasteiger partial charge < -0.3 is 5.11 Å². The number of nitrogens with zero attached hydrogens (tertiary/aromatic N) is 1. The van der Waals surface area contributed by atoms with Crippen LogP contribution in [-0.4, -0.2) is 35.2 Å². The standard InChI is InChI=1S/C16H29NO/c1-11(2)13-4-6-16(18)14(8-13)10-17-9-12-3-5-15(17)7-12/h11-16,18H,3-10H2,1-2H3. The Kier molecular flexibility index (Phi) is 3.68. The Balaban J connectivity index is 1.57. The third-order valence-corrected chi connectivity index (χ3v) is 5.92. The zero-order valence-corrected chi connectivity index (χ0v) is 12.0. The second kappa shape index (κ2) is 5.13. The van der Waals surface area contributed by atoms with E-state index in [1.165, 1.54) is 45.2 Å². The largest absolute Gasteiger partial charge is 0.393 e. The number of hydrogen-bond donors (Lipinski definition) is 1. The molecule has 2 nitrogen and oxygen atoms in total. The molecule has 1 saturated heterocycles. The zero-order chi connectivity index (χ0) is 12.7. The number of aliphatic hydroxyl groups excluding tert-OH is 1. The molecule has 3 rings (SSSR count). The van der Waals surface area contributed by atoms with Gasteiger partial charge >= 0.3 is 0 Å². The predicted molar refractivity (Wildman–Crippen MR) is 74.4 cm³/mol. The Bertz CT molecular complexity index is 291. The van der Waals surface area contributed by atoms with Gasteiger partial charge in [0.05, 0.1) is 6.10 Å². The van der Waals surface area contributed by atoms with Crippen LogP contribution in [0.3, 0.4) is 0 Å². The van der Waals surface area contributed by atoms with Gasteiger partial charge in [0.25, 0.3) is 0 Å². The van der Waals surface area contributed by atoms with Crippen LogP contribution in [0.25, 0.3) is 0 Å². The van der Waals surface area contributed by atoms with E-state index in [4.69, 9.17) is 0 Å². The van der Waals surface area contributed by atoms with Crippen LogP contribution in [0.1, 0.15) is 52.4 Å². The van der Waals surface area contributed by atoms with Gasteiger partial charge in [-0.2, -0.15) is 0 Å². The van der Waals surface area contributed by atoms with Crippen molar-refractivity contribution in [3.8, 4) is 0 Å². The van der Waals surface area contributed by atoms with Crippen LogP contribution in [0.15, 0.2) is 0 Å². The van der Waals surface area contributed by atoms with E-state index in [1.807, 2.05) is 0 Å². The van der Waals surface area contributed by atoms with E-state index in [0.29, 0.717) is 5.92 Å². The molecule has 2 saturated carbocycles.